The van der Waals surface area contributed by atoms with Crippen LogP contribution in [0.25, 0.3) is 0 Å². The molecule has 96 valence electrons. The molecule has 0 amide bonds. The summed E-state index contributed by atoms with van der Waals surface area (Å²) in [5.41, 5.74) is 0. The van der Waals surface area contributed by atoms with E-state index in [1.54, 1.807) is 0 Å². The first-order valence-corrected chi connectivity index (χ1v) is 3.71. The fourth-order valence-electron chi connectivity index (χ4n) is 0.431. The van der Waals surface area contributed by atoms with Crippen LogP contribution in [0, 0.1) is 0 Å². The molecule has 0 radical (unpaired) electrons. The number of hydrogen-bond donors (Lipinski definition) is 0. The molecular formula is C3H2Cl2F9P. The summed E-state index contributed by atoms with van der Waals surface area (Å²) < 4.78 is 102. The van der Waals surface area contributed by atoms with E-state index in [9.17, 15) is 39.5 Å². The lowest BCUT2D eigenvalue weighted by Gasteiger charge is -2.24. The Morgan fingerprint density at radius 3 is 0.600 bits per heavy atom. The molecule has 0 spiro atoms. The lowest BCUT2D eigenvalue weighted by atomic mass is 11.5. The largest absolute Gasteiger partial charge is 0.422 e. The highest BCUT2D eigenvalue weighted by atomic mass is 35.5. The van der Waals surface area contributed by atoms with Crippen LogP contribution in [-0.2, 0) is 0 Å². The van der Waals surface area contributed by atoms with Crippen LogP contribution in [0.1, 0.15) is 0 Å². The maximum atomic E-state index is 11.3. The summed E-state index contributed by atoms with van der Waals surface area (Å²) in [5, 5.41) is 0. The second-order valence-corrected chi connectivity index (χ2v) is 3.93. The Bertz CT molecular complexity index is 146. The lowest BCUT2D eigenvalue weighted by Crippen LogP contribution is -2.27. The molecule has 0 unspecified atom stereocenters. The van der Waals surface area contributed by atoms with Crippen LogP contribution < -0.4 is 0 Å². The predicted molar refractivity (Wildman–Crippen MR) is 39.6 cm³/mol. The van der Waals surface area contributed by atoms with Crippen molar-refractivity contribution in [3.05, 3.63) is 0 Å². The van der Waals surface area contributed by atoms with E-state index in [4.69, 9.17) is 0 Å². The average Bonchev–Trinajstić information content (AvgIpc) is 1.44. The van der Waals surface area contributed by atoms with Gasteiger partial charge in [0.1, 0.15) is 0 Å². The van der Waals surface area contributed by atoms with Crippen molar-refractivity contribution in [3.63, 3.8) is 0 Å². The molecular weight excluding hydrogens is 309 g/mol. The molecule has 0 aromatic carbocycles. The summed E-state index contributed by atoms with van der Waals surface area (Å²) in [4.78, 5) is 0. The van der Waals surface area contributed by atoms with Crippen molar-refractivity contribution < 1.29 is 39.5 Å². The van der Waals surface area contributed by atoms with E-state index in [1.165, 1.54) is 0 Å². The van der Waals surface area contributed by atoms with Crippen molar-refractivity contribution >= 4 is 32.7 Å². The van der Waals surface area contributed by atoms with E-state index in [1.807, 2.05) is 0 Å². The molecule has 0 bridgehead atoms. The highest BCUT2D eigenvalue weighted by molar-refractivity contribution is 7.60. The van der Waals surface area contributed by atoms with Crippen LogP contribution in [0.5, 0.6) is 0 Å². The molecule has 0 aromatic rings. The zero-order valence-electron chi connectivity index (χ0n) is 6.17. The third-order valence-corrected chi connectivity index (χ3v) is 2.28. The Morgan fingerprint density at radius 2 is 0.600 bits per heavy atom. The highest BCUT2D eigenvalue weighted by Crippen LogP contribution is 2.72. The normalized spacial score (nSPS) is 13.2. The van der Waals surface area contributed by atoms with Crippen molar-refractivity contribution in [1.82, 2.24) is 0 Å². The van der Waals surface area contributed by atoms with Gasteiger partial charge >= 0.3 is 17.8 Å². The van der Waals surface area contributed by atoms with E-state index >= 15 is 0 Å². The Hall–Kier alpha value is 0.380. The highest BCUT2D eigenvalue weighted by Gasteiger charge is 2.70. The topological polar surface area (TPSA) is 0 Å². The first kappa shape index (κ1) is 20.8. The summed E-state index contributed by atoms with van der Waals surface area (Å²) in [6.45, 7) is 0. The van der Waals surface area contributed by atoms with Gasteiger partial charge in [-0.15, -0.1) is 24.8 Å². The van der Waals surface area contributed by atoms with Crippen LogP contribution in [0.15, 0.2) is 0 Å². The van der Waals surface area contributed by atoms with Gasteiger partial charge in [-0.05, 0) is 0 Å². The minimum Gasteiger partial charge on any atom is -0.166 e. The van der Waals surface area contributed by atoms with E-state index in [0.717, 1.165) is 0 Å². The minimum absolute atomic E-state index is 0. The van der Waals surface area contributed by atoms with Crippen LogP contribution in [0.4, 0.5) is 39.5 Å². The third kappa shape index (κ3) is 6.52. The summed E-state index contributed by atoms with van der Waals surface area (Å²) in [6, 6.07) is 0. The SMILES string of the molecule is Cl.Cl.FC(F)(F)P(C(F)(F)F)C(F)(F)F. The maximum Gasteiger partial charge on any atom is 0.422 e. The van der Waals surface area contributed by atoms with E-state index in [0.29, 0.717) is 0 Å². The summed E-state index contributed by atoms with van der Waals surface area (Å²) in [5.74, 6) is -18.9. The molecule has 0 nitrogen and oxygen atoms in total. The molecule has 12 heteroatoms. The quantitative estimate of drug-likeness (QED) is 0.442. The maximum absolute atomic E-state index is 11.3. The van der Waals surface area contributed by atoms with Gasteiger partial charge in [0.05, 0.1) is 0 Å². The fraction of sp³-hybridized carbons (Fsp3) is 1.00. The van der Waals surface area contributed by atoms with Gasteiger partial charge in [0.25, 0.3) is 0 Å². The first-order valence-electron chi connectivity index (χ1n) is 2.37. The molecule has 0 rings (SSSR count). The number of rotatable bonds is 0. The number of hydrogen-bond acceptors (Lipinski definition) is 0. The van der Waals surface area contributed by atoms with E-state index in [-0.39, 0.29) is 24.8 Å². The Kier molecular flexibility index (Phi) is 7.79. The molecule has 15 heavy (non-hydrogen) atoms. The molecule has 0 atom stereocenters. The van der Waals surface area contributed by atoms with Crippen molar-refractivity contribution in [1.29, 1.82) is 0 Å². The molecule has 0 saturated carbocycles. The van der Waals surface area contributed by atoms with Gasteiger partial charge in [-0.1, -0.05) is 0 Å². The molecule has 0 aliphatic heterocycles. The third-order valence-electron chi connectivity index (χ3n) is 0.761. The molecule has 0 aliphatic rings. The van der Waals surface area contributed by atoms with Gasteiger partial charge in [-0.2, -0.15) is 39.5 Å². The first-order chi connectivity index (χ1) is 5.37. The van der Waals surface area contributed by atoms with Crippen molar-refractivity contribution in [2.24, 2.45) is 0 Å². The van der Waals surface area contributed by atoms with Gasteiger partial charge in [-0.3, -0.25) is 0 Å². The molecule has 0 aromatic heterocycles. The fourth-order valence-corrected chi connectivity index (χ4v) is 1.29. The minimum atomic E-state index is -6.30. The standard InChI is InChI=1S/C3F9P.2ClH/c4-1(5,6)13(2(7,8)9)3(10,11)12;;/h;2*1H. The average molecular weight is 311 g/mol. The Morgan fingerprint density at radius 1 is 0.467 bits per heavy atom. The van der Waals surface area contributed by atoms with Gasteiger partial charge < -0.3 is 0 Å². The lowest BCUT2D eigenvalue weighted by molar-refractivity contribution is -0.123. The van der Waals surface area contributed by atoms with E-state index < -0.39 is 25.7 Å². The second-order valence-electron chi connectivity index (χ2n) is 1.74. The van der Waals surface area contributed by atoms with Crippen LogP contribution in [0.2, 0.25) is 0 Å². The van der Waals surface area contributed by atoms with Crippen molar-refractivity contribution in [2.45, 2.75) is 17.8 Å². The zero-order chi connectivity index (χ0) is 11.1. The van der Waals surface area contributed by atoms with Gasteiger partial charge in [-0.25, -0.2) is 0 Å². The molecule has 0 saturated heterocycles. The summed E-state index contributed by atoms with van der Waals surface area (Å²) >= 11 is 0. The van der Waals surface area contributed by atoms with Gasteiger partial charge in [0, 0.05) is 0 Å². The van der Waals surface area contributed by atoms with Crippen molar-refractivity contribution in [3.8, 4) is 0 Å². The second kappa shape index (κ2) is 5.63. The van der Waals surface area contributed by atoms with Crippen LogP contribution >= 0.6 is 32.7 Å². The molecule has 0 aliphatic carbocycles. The van der Waals surface area contributed by atoms with Gasteiger partial charge in [0.2, 0.25) is 7.92 Å². The summed E-state index contributed by atoms with van der Waals surface area (Å²) in [6.07, 6.45) is 0. The zero-order valence-corrected chi connectivity index (χ0v) is 8.69. The monoisotopic (exact) mass is 310 g/mol. The molecule has 0 heterocycles. The van der Waals surface area contributed by atoms with E-state index in [2.05, 4.69) is 0 Å². The van der Waals surface area contributed by atoms with Crippen LogP contribution in [-0.4, -0.2) is 17.8 Å². The number of halogens is 11. The summed E-state index contributed by atoms with van der Waals surface area (Å²) in [7, 11) is -5.98. The van der Waals surface area contributed by atoms with Crippen molar-refractivity contribution in [2.75, 3.05) is 0 Å². The van der Waals surface area contributed by atoms with Crippen LogP contribution in [0.3, 0.4) is 0 Å². The number of alkyl halides is 9. The molecule has 0 N–H and O–H groups in total. The Labute approximate surface area is 90.8 Å². The smallest absolute Gasteiger partial charge is 0.166 e. The molecule has 0 fully saturated rings. The Balaban J connectivity index is -0.000000720. The van der Waals surface area contributed by atoms with Gasteiger partial charge in [0.15, 0.2) is 0 Å². The predicted octanol–water partition coefficient (Wildman–Crippen LogP) is 4.87.